The van der Waals surface area contributed by atoms with Crippen LogP contribution >= 0.6 is 0 Å². The van der Waals surface area contributed by atoms with Crippen molar-refractivity contribution >= 4 is 0 Å². The Kier molecular flexibility index (Phi) is 3.28. The largest absolute Gasteiger partial charge is 0.492 e. The van der Waals surface area contributed by atoms with Gasteiger partial charge in [-0.1, -0.05) is 27.7 Å². The molecule has 0 unspecified atom stereocenters. The van der Waals surface area contributed by atoms with Crippen molar-refractivity contribution in [3.05, 3.63) is 11.3 Å². The van der Waals surface area contributed by atoms with E-state index in [0.717, 1.165) is 6.42 Å². The summed E-state index contributed by atoms with van der Waals surface area (Å²) in [6.45, 7) is 13.3. The first-order valence-electron chi connectivity index (χ1n) is 5.75. The minimum atomic E-state index is 0.0397. The Bertz CT molecular complexity index is 234. The number of allylic oxidation sites excluding steroid dienone is 2. The van der Waals surface area contributed by atoms with Crippen LogP contribution in [-0.4, -0.2) is 5.60 Å². The summed E-state index contributed by atoms with van der Waals surface area (Å²) < 4.78 is 6.09. The molecular weight excluding hydrogens is 172 g/mol. The van der Waals surface area contributed by atoms with E-state index >= 15 is 0 Å². The van der Waals surface area contributed by atoms with Crippen molar-refractivity contribution in [2.75, 3.05) is 0 Å². The van der Waals surface area contributed by atoms with Crippen LogP contribution in [0, 0.1) is 11.8 Å². The number of hydrogen-bond donors (Lipinski definition) is 0. The van der Waals surface area contributed by atoms with Gasteiger partial charge in [0.05, 0.1) is 5.76 Å². The minimum absolute atomic E-state index is 0.0397. The standard InChI is InChI=1S/C13H24O/c1-9(2)11-7-8-13(5,6)14-12(11)10(3)4/h9-10H,7-8H2,1-6H3. The Balaban J connectivity index is 2.96. The molecule has 0 spiro atoms. The molecule has 1 aliphatic heterocycles. The van der Waals surface area contributed by atoms with E-state index in [4.69, 9.17) is 4.74 Å². The summed E-state index contributed by atoms with van der Waals surface area (Å²) in [6.07, 6.45) is 2.36. The molecule has 82 valence electrons. The highest BCUT2D eigenvalue weighted by molar-refractivity contribution is 5.16. The molecule has 1 rings (SSSR count). The Morgan fingerprint density at radius 1 is 1.07 bits per heavy atom. The van der Waals surface area contributed by atoms with Gasteiger partial charge >= 0.3 is 0 Å². The van der Waals surface area contributed by atoms with E-state index < -0.39 is 0 Å². The third-order valence-corrected chi connectivity index (χ3v) is 2.92. The molecule has 1 heteroatoms. The first kappa shape index (κ1) is 11.6. The van der Waals surface area contributed by atoms with Gasteiger partial charge in [-0.25, -0.2) is 0 Å². The van der Waals surface area contributed by atoms with Gasteiger partial charge in [-0.3, -0.25) is 0 Å². The molecule has 0 atom stereocenters. The summed E-state index contributed by atoms with van der Waals surface area (Å²) in [6, 6.07) is 0. The molecule has 0 saturated carbocycles. The van der Waals surface area contributed by atoms with Crippen LogP contribution in [0.15, 0.2) is 11.3 Å². The third kappa shape index (κ3) is 2.52. The maximum Gasteiger partial charge on any atom is 0.103 e. The van der Waals surface area contributed by atoms with Gasteiger partial charge in [0, 0.05) is 5.92 Å². The monoisotopic (exact) mass is 196 g/mol. The highest BCUT2D eigenvalue weighted by Crippen LogP contribution is 2.37. The van der Waals surface area contributed by atoms with Crippen molar-refractivity contribution in [2.45, 2.75) is 60.0 Å². The van der Waals surface area contributed by atoms with E-state index in [0.29, 0.717) is 11.8 Å². The van der Waals surface area contributed by atoms with Crippen molar-refractivity contribution in [1.82, 2.24) is 0 Å². The molecule has 0 bridgehead atoms. The molecule has 14 heavy (non-hydrogen) atoms. The summed E-state index contributed by atoms with van der Waals surface area (Å²) in [5.74, 6) is 2.40. The second-order valence-electron chi connectivity index (χ2n) is 5.56. The van der Waals surface area contributed by atoms with E-state index in [1.54, 1.807) is 0 Å². The predicted octanol–water partition coefficient (Wildman–Crippen LogP) is 4.14. The zero-order chi connectivity index (χ0) is 10.9. The fourth-order valence-electron chi connectivity index (χ4n) is 2.03. The molecule has 0 aromatic heterocycles. The fourth-order valence-corrected chi connectivity index (χ4v) is 2.03. The van der Waals surface area contributed by atoms with Gasteiger partial charge < -0.3 is 4.74 Å². The van der Waals surface area contributed by atoms with Crippen molar-refractivity contribution in [1.29, 1.82) is 0 Å². The Morgan fingerprint density at radius 2 is 1.64 bits per heavy atom. The molecule has 0 saturated heterocycles. The lowest BCUT2D eigenvalue weighted by molar-refractivity contribution is -0.00301. The zero-order valence-electron chi connectivity index (χ0n) is 10.5. The Labute approximate surface area is 88.5 Å². The number of hydrogen-bond acceptors (Lipinski definition) is 1. The van der Waals surface area contributed by atoms with Crippen LogP contribution in [0.5, 0.6) is 0 Å². The normalized spacial score (nSPS) is 21.7. The van der Waals surface area contributed by atoms with Crippen LogP contribution in [0.25, 0.3) is 0 Å². The van der Waals surface area contributed by atoms with Crippen molar-refractivity contribution in [3.63, 3.8) is 0 Å². The van der Waals surface area contributed by atoms with Crippen molar-refractivity contribution in [2.24, 2.45) is 11.8 Å². The molecule has 1 aliphatic rings. The second kappa shape index (κ2) is 3.96. The molecule has 0 aliphatic carbocycles. The summed E-state index contributed by atoms with van der Waals surface area (Å²) >= 11 is 0. The van der Waals surface area contributed by atoms with Crippen molar-refractivity contribution < 1.29 is 4.74 Å². The first-order valence-corrected chi connectivity index (χ1v) is 5.75. The maximum absolute atomic E-state index is 6.09. The maximum atomic E-state index is 6.09. The van der Waals surface area contributed by atoms with E-state index in [-0.39, 0.29) is 5.60 Å². The molecular formula is C13H24O. The molecule has 1 heterocycles. The molecule has 0 aromatic carbocycles. The average Bonchev–Trinajstić information content (AvgIpc) is 2.01. The first-order chi connectivity index (χ1) is 6.33. The lowest BCUT2D eigenvalue weighted by Gasteiger charge is -2.37. The molecule has 0 aromatic rings. The van der Waals surface area contributed by atoms with Crippen LogP contribution < -0.4 is 0 Å². The molecule has 0 fully saturated rings. The average molecular weight is 196 g/mol. The summed E-state index contributed by atoms with van der Waals surface area (Å²) in [4.78, 5) is 0. The predicted molar refractivity (Wildman–Crippen MR) is 61.1 cm³/mol. The topological polar surface area (TPSA) is 9.23 Å². The molecule has 1 nitrogen and oxygen atoms in total. The van der Waals surface area contributed by atoms with E-state index in [9.17, 15) is 0 Å². The van der Waals surface area contributed by atoms with Crippen LogP contribution in [0.3, 0.4) is 0 Å². The number of ether oxygens (including phenoxy) is 1. The van der Waals surface area contributed by atoms with Crippen LogP contribution in [0.1, 0.15) is 54.4 Å². The van der Waals surface area contributed by atoms with Gasteiger partial charge in [0.15, 0.2) is 0 Å². The molecule has 0 radical (unpaired) electrons. The summed E-state index contributed by atoms with van der Waals surface area (Å²) in [7, 11) is 0. The molecule has 0 N–H and O–H groups in total. The van der Waals surface area contributed by atoms with Gasteiger partial charge in [0.1, 0.15) is 5.60 Å². The van der Waals surface area contributed by atoms with E-state index in [1.807, 2.05) is 0 Å². The molecule has 0 amide bonds. The Morgan fingerprint density at radius 3 is 2.07 bits per heavy atom. The van der Waals surface area contributed by atoms with Gasteiger partial charge in [-0.2, -0.15) is 0 Å². The Hall–Kier alpha value is -0.460. The van der Waals surface area contributed by atoms with Gasteiger partial charge in [0.25, 0.3) is 0 Å². The third-order valence-electron chi connectivity index (χ3n) is 2.92. The summed E-state index contributed by atoms with van der Waals surface area (Å²) in [5.41, 5.74) is 1.57. The van der Waals surface area contributed by atoms with Crippen molar-refractivity contribution in [3.8, 4) is 0 Å². The fraction of sp³-hybridized carbons (Fsp3) is 0.846. The number of rotatable bonds is 2. The van der Waals surface area contributed by atoms with E-state index in [1.165, 1.54) is 17.8 Å². The van der Waals surface area contributed by atoms with Crippen LogP contribution in [-0.2, 0) is 4.74 Å². The SMILES string of the molecule is CC(C)C1=C(C(C)C)OC(C)(C)CC1. The zero-order valence-corrected chi connectivity index (χ0v) is 10.5. The highest BCUT2D eigenvalue weighted by Gasteiger charge is 2.30. The highest BCUT2D eigenvalue weighted by atomic mass is 16.5. The smallest absolute Gasteiger partial charge is 0.103 e. The quantitative estimate of drug-likeness (QED) is 0.645. The lowest BCUT2D eigenvalue weighted by Crippen LogP contribution is -2.31. The minimum Gasteiger partial charge on any atom is -0.492 e. The second-order valence-corrected chi connectivity index (χ2v) is 5.56. The van der Waals surface area contributed by atoms with Gasteiger partial charge in [-0.05, 0) is 38.2 Å². The van der Waals surface area contributed by atoms with E-state index in [2.05, 4.69) is 41.5 Å². The summed E-state index contributed by atoms with van der Waals surface area (Å²) in [5, 5.41) is 0. The van der Waals surface area contributed by atoms with Crippen LogP contribution in [0.4, 0.5) is 0 Å². The van der Waals surface area contributed by atoms with Crippen LogP contribution in [0.2, 0.25) is 0 Å². The van der Waals surface area contributed by atoms with Gasteiger partial charge in [0.2, 0.25) is 0 Å². The lowest BCUT2D eigenvalue weighted by atomic mass is 9.86. The van der Waals surface area contributed by atoms with Gasteiger partial charge in [-0.15, -0.1) is 0 Å².